The van der Waals surface area contributed by atoms with Crippen molar-refractivity contribution in [2.45, 2.75) is 61.3 Å². The third-order valence-electron chi connectivity index (χ3n) is 6.22. The summed E-state index contributed by atoms with van der Waals surface area (Å²) in [6.45, 7) is 2.47. The van der Waals surface area contributed by atoms with Gasteiger partial charge in [-0.3, -0.25) is 0 Å². The van der Waals surface area contributed by atoms with E-state index in [1.807, 2.05) is 49.4 Å². The van der Waals surface area contributed by atoms with E-state index in [-0.39, 0.29) is 6.42 Å². The third kappa shape index (κ3) is 7.56. The molecule has 1 heterocycles. The van der Waals surface area contributed by atoms with Gasteiger partial charge in [0.05, 0.1) is 6.10 Å². The molecule has 37 heavy (non-hydrogen) atoms. The van der Waals surface area contributed by atoms with Crippen LogP contribution in [0, 0.1) is 6.92 Å². The Hall–Kier alpha value is -2.88. The fourth-order valence-corrected chi connectivity index (χ4v) is 5.48. The number of para-hydroxylation sites is 1. The molecule has 0 bridgehead atoms. The highest BCUT2D eigenvalue weighted by molar-refractivity contribution is 7.92. The van der Waals surface area contributed by atoms with Crippen LogP contribution in [0.3, 0.4) is 0 Å². The molecule has 1 fully saturated rings. The van der Waals surface area contributed by atoms with Crippen molar-refractivity contribution in [3.63, 3.8) is 0 Å². The maximum absolute atomic E-state index is 13.2. The Morgan fingerprint density at radius 1 is 1.03 bits per heavy atom. The van der Waals surface area contributed by atoms with Gasteiger partial charge in [-0.2, -0.15) is 0 Å². The number of hydrogen-bond donors (Lipinski definition) is 2. The van der Waals surface area contributed by atoms with E-state index in [4.69, 9.17) is 14.2 Å². The largest absolute Gasteiger partial charge is 0.611 e. The maximum Gasteiger partial charge on any atom is 0.360 e. The summed E-state index contributed by atoms with van der Waals surface area (Å²) in [7, 11) is 0. The van der Waals surface area contributed by atoms with Gasteiger partial charge >= 0.3 is 5.97 Å². The molecule has 0 spiro atoms. The highest BCUT2D eigenvalue weighted by atomic mass is 32.2. The topological polar surface area (TPSA) is 108 Å². The van der Waals surface area contributed by atoms with Crippen LogP contribution in [0.5, 0.6) is 11.5 Å². The Morgan fingerprint density at radius 2 is 1.70 bits per heavy atom. The van der Waals surface area contributed by atoms with Gasteiger partial charge in [-0.05, 0) is 68.1 Å². The molecule has 0 saturated carbocycles. The van der Waals surface area contributed by atoms with Crippen LogP contribution in [0.25, 0.3) is 0 Å². The summed E-state index contributed by atoms with van der Waals surface area (Å²) in [5.74, 6) is 0.00898. The molecule has 1 saturated heterocycles. The van der Waals surface area contributed by atoms with E-state index in [0.717, 1.165) is 24.0 Å². The van der Waals surface area contributed by atoms with Crippen molar-refractivity contribution in [2.75, 3.05) is 6.61 Å². The molecular formula is C29H32O7S. The number of aryl methyl sites for hydroxylation is 1. The molecule has 0 aromatic heterocycles. The molecule has 3 aromatic carbocycles. The van der Waals surface area contributed by atoms with Crippen LogP contribution in [-0.2, 0) is 25.4 Å². The van der Waals surface area contributed by atoms with Gasteiger partial charge in [0.25, 0.3) is 0 Å². The van der Waals surface area contributed by atoms with E-state index < -0.39 is 40.9 Å². The predicted molar refractivity (Wildman–Crippen MR) is 140 cm³/mol. The zero-order valence-corrected chi connectivity index (χ0v) is 21.5. The summed E-state index contributed by atoms with van der Waals surface area (Å²) >= 11 is -1.95. The minimum Gasteiger partial charge on any atom is -0.611 e. The lowest BCUT2D eigenvalue weighted by atomic mass is 10.0. The van der Waals surface area contributed by atoms with Crippen molar-refractivity contribution in [3.8, 4) is 11.5 Å². The summed E-state index contributed by atoms with van der Waals surface area (Å²) in [6, 6.07) is 23.4. The van der Waals surface area contributed by atoms with E-state index in [2.05, 4.69) is 0 Å². The van der Waals surface area contributed by atoms with E-state index in [1.165, 1.54) is 0 Å². The molecule has 0 radical (unpaired) electrons. The molecular weight excluding hydrogens is 492 g/mol. The molecule has 1 aliphatic rings. The lowest BCUT2D eigenvalue weighted by molar-refractivity contribution is -0.195. The van der Waals surface area contributed by atoms with Crippen LogP contribution in [0.2, 0.25) is 0 Å². The summed E-state index contributed by atoms with van der Waals surface area (Å²) in [4.78, 5) is 12.5. The van der Waals surface area contributed by atoms with Gasteiger partial charge in [-0.25, -0.2) is 4.79 Å². The number of carboxylic acids is 1. The molecule has 0 amide bonds. The van der Waals surface area contributed by atoms with Crippen molar-refractivity contribution in [1.82, 2.24) is 0 Å². The molecule has 2 N–H and O–H groups in total. The van der Waals surface area contributed by atoms with E-state index in [0.29, 0.717) is 29.4 Å². The Bertz CT molecular complexity index is 1120. The molecule has 1 aliphatic heterocycles. The van der Waals surface area contributed by atoms with E-state index in [9.17, 15) is 19.6 Å². The predicted octanol–water partition coefficient (Wildman–Crippen LogP) is 5.38. The first-order chi connectivity index (χ1) is 17.9. The molecule has 5 atom stereocenters. The van der Waals surface area contributed by atoms with Gasteiger partial charge < -0.3 is 29.0 Å². The average Bonchev–Trinajstić information content (AvgIpc) is 2.90. The van der Waals surface area contributed by atoms with Crippen molar-refractivity contribution < 1.29 is 33.8 Å². The highest BCUT2D eigenvalue weighted by Gasteiger charge is 2.41. The Balaban J connectivity index is 1.53. The summed E-state index contributed by atoms with van der Waals surface area (Å²) in [5.41, 5.74) is 1.70. The Labute approximate surface area is 220 Å². The lowest BCUT2D eigenvalue weighted by Gasteiger charge is -2.30. The number of aliphatic hydroxyl groups is 1. The maximum atomic E-state index is 13.2. The van der Waals surface area contributed by atoms with Crippen molar-refractivity contribution in [3.05, 3.63) is 90.0 Å². The first-order valence-corrected chi connectivity index (χ1v) is 13.6. The number of aliphatic carboxylic acids is 1. The number of rotatable bonds is 11. The van der Waals surface area contributed by atoms with Gasteiger partial charge in [-0.15, -0.1) is 0 Å². The van der Waals surface area contributed by atoms with Gasteiger partial charge in [0.2, 0.25) is 5.25 Å². The van der Waals surface area contributed by atoms with Crippen molar-refractivity contribution in [2.24, 2.45) is 0 Å². The number of carboxylic acid groups (broad SMARTS) is 1. The van der Waals surface area contributed by atoms with Crippen molar-refractivity contribution >= 4 is 17.1 Å². The van der Waals surface area contributed by atoms with Crippen LogP contribution < -0.4 is 4.74 Å². The van der Waals surface area contributed by atoms with Crippen LogP contribution in [0.15, 0.2) is 83.8 Å². The summed E-state index contributed by atoms with van der Waals surface area (Å²) in [5, 5.41) is 19.4. The summed E-state index contributed by atoms with van der Waals surface area (Å²) in [6.07, 6.45) is 0.00686. The fraction of sp³-hybridized carbons (Fsp3) is 0.345. The fourth-order valence-electron chi connectivity index (χ4n) is 4.21. The molecule has 3 aromatic rings. The minimum absolute atomic E-state index is 0.0622. The average molecular weight is 525 g/mol. The molecule has 7 nitrogen and oxygen atoms in total. The number of ether oxygens (including phenoxy) is 3. The standard InChI is InChI=1S/C29H32O7S/c1-20-10-16-24(17-11-20)37(33)28(29(31)32)25(30)19-26(36-27-9-5-6-18-34-27)21-12-14-23(15-13-21)35-22-7-3-2-4-8-22/h2-4,7-8,10-17,25-28,30H,5-6,9,18-19H2,1H3,(H,31,32)/t25-,26-,27?,28?,37+/m0/s1. The van der Waals surface area contributed by atoms with Crippen LogP contribution >= 0.6 is 0 Å². The van der Waals surface area contributed by atoms with Crippen molar-refractivity contribution in [1.29, 1.82) is 0 Å². The normalized spacial score (nSPS) is 18.9. The Kier molecular flexibility index (Phi) is 9.60. The second-order valence-corrected chi connectivity index (χ2v) is 10.7. The van der Waals surface area contributed by atoms with Gasteiger partial charge in [0.15, 0.2) is 11.2 Å². The smallest absolute Gasteiger partial charge is 0.360 e. The minimum atomic E-state index is -1.95. The first-order valence-electron chi connectivity index (χ1n) is 12.4. The number of hydrogen-bond acceptors (Lipinski definition) is 6. The molecule has 0 aliphatic carbocycles. The molecule has 2 unspecified atom stereocenters. The third-order valence-corrected chi connectivity index (χ3v) is 7.93. The quantitative estimate of drug-likeness (QED) is 0.324. The highest BCUT2D eigenvalue weighted by Crippen LogP contribution is 2.32. The monoisotopic (exact) mass is 524 g/mol. The van der Waals surface area contributed by atoms with Crippen LogP contribution in [0.1, 0.15) is 42.9 Å². The number of benzene rings is 3. The molecule has 196 valence electrons. The zero-order chi connectivity index (χ0) is 26.2. The van der Waals surface area contributed by atoms with E-state index >= 15 is 0 Å². The Morgan fingerprint density at radius 3 is 2.32 bits per heavy atom. The zero-order valence-electron chi connectivity index (χ0n) is 20.7. The van der Waals surface area contributed by atoms with Crippen LogP contribution in [-0.4, -0.2) is 45.0 Å². The molecule has 4 rings (SSSR count). The second kappa shape index (κ2) is 13.1. The molecule has 8 heteroatoms. The summed E-state index contributed by atoms with van der Waals surface area (Å²) < 4.78 is 31.0. The van der Waals surface area contributed by atoms with E-state index in [1.54, 1.807) is 36.4 Å². The van der Waals surface area contributed by atoms with Gasteiger partial charge in [0.1, 0.15) is 17.6 Å². The van der Waals surface area contributed by atoms with Gasteiger partial charge in [-0.1, -0.05) is 48.0 Å². The lowest BCUT2D eigenvalue weighted by Crippen LogP contribution is -2.42. The number of carbonyl (C=O) groups is 1. The van der Waals surface area contributed by atoms with Gasteiger partial charge in [0, 0.05) is 24.2 Å². The number of aliphatic hydroxyl groups excluding tert-OH is 1. The first kappa shape index (κ1) is 27.2. The SMILES string of the molecule is Cc1ccc([S@@+]([O-])C(C(=O)O)[C@@H](O)C[C@H](OC2CCCCO2)c2ccc(Oc3ccccc3)cc2)cc1. The van der Waals surface area contributed by atoms with Crippen LogP contribution in [0.4, 0.5) is 0 Å². The second-order valence-electron chi connectivity index (χ2n) is 9.08.